The minimum atomic E-state index is -0.561. The van der Waals surface area contributed by atoms with E-state index < -0.39 is 5.41 Å². The largest absolute Gasteiger partial charge is 0.347 e. The molecule has 0 N–H and O–H groups in total. The van der Waals surface area contributed by atoms with Gasteiger partial charge in [-0.3, -0.25) is 14.6 Å². The van der Waals surface area contributed by atoms with Gasteiger partial charge in [0.25, 0.3) is 0 Å². The van der Waals surface area contributed by atoms with Crippen LogP contribution in [0, 0.1) is 34.5 Å². The van der Waals surface area contributed by atoms with Crippen molar-refractivity contribution in [1.82, 2.24) is 4.90 Å². The predicted molar refractivity (Wildman–Crippen MR) is 120 cm³/mol. The van der Waals surface area contributed by atoms with Gasteiger partial charge < -0.3 is 0 Å². The van der Waals surface area contributed by atoms with Gasteiger partial charge in [0.2, 0.25) is 0 Å². The number of Topliss-reactive ketones (excluding diaryl/α,β-unsaturated/α-hetero) is 1. The Morgan fingerprint density at radius 1 is 1.16 bits per heavy atom. The highest BCUT2D eigenvalue weighted by molar-refractivity contribution is 5.84. The molecule has 0 radical (unpaired) electrons. The van der Waals surface area contributed by atoms with Crippen molar-refractivity contribution in [3.05, 3.63) is 0 Å². The van der Waals surface area contributed by atoms with Gasteiger partial charge in [-0.25, -0.2) is 4.79 Å². The molecule has 2 aliphatic heterocycles. The maximum Gasteiger partial charge on any atom is 0.347 e. The molecule has 2 saturated heterocycles. The molecule has 2 heterocycles. The van der Waals surface area contributed by atoms with E-state index in [0.29, 0.717) is 29.5 Å². The molecule has 3 unspecified atom stereocenters. The number of carbonyl (C=O) groups excluding carboxylic acids is 2. The Hall–Kier alpha value is -0.940. The monoisotopic (exact) mass is 433 g/mol. The van der Waals surface area contributed by atoms with E-state index in [1.807, 2.05) is 20.8 Å². The minimum absolute atomic E-state index is 0.0209. The second-order valence-electron chi connectivity index (χ2n) is 12.4. The van der Waals surface area contributed by atoms with Gasteiger partial charge in [0.15, 0.2) is 0 Å². The van der Waals surface area contributed by atoms with E-state index in [2.05, 4.69) is 32.6 Å². The fraction of sp³-hybridized carbons (Fsp3) is 0.923. The van der Waals surface area contributed by atoms with Crippen LogP contribution < -0.4 is 0 Å². The molecular formula is C26H43NO4. The van der Waals surface area contributed by atoms with Gasteiger partial charge in [-0.1, -0.05) is 20.3 Å². The van der Waals surface area contributed by atoms with Crippen molar-refractivity contribution in [2.75, 3.05) is 6.54 Å². The maximum atomic E-state index is 12.4. The summed E-state index contributed by atoms with van der Waals surface area (Å²) in [4.78, 5) is 38.8. The second kappa shape index (κ2) is 7.83. The summed E-state index contributed by atoms with van der Waals surface area (Å²) in [5, 5.41) is 0. The van der Waals surface area contributed by atoms with Gasteiger partial charge in [-0.15, -0.1) is 0 Å². The van der Waals surface area contributed by atoms with Gasteiger partial charge in [-0.05, 0) is 96.9 Å². The topological polar surface area (TPSA) is 55.8 Å². The van der Waals surface area contributed by atoms with Crippen LogP contribution in [0.25, 0.3) is 0 Å². The highest BCUT2D eigenvalue weighted by Gasteiger charge is 2.63. The smallest absolute Gasteiger partial charge is 0.298 e. The number of fused-ring (bicyclic) bond motifs is 5. The molecule has 2 saturated carbocycles. The Balaban J connectivity index is 1.56. The first-order chi connectivity index (χ1) is 14.4. The Kier molecular flexibility index (Phi) is 5.87. The molecule has 31 heavy (non-hydrogen) atoms. The molecule has 0 aromatic rings. The molecule has 4 rings (SSSR count). The summed E-state index contributed by atoms with van der Waals surface area (Å²) < 4.78 is 0. The molecule has 176 valence electrons. The van der Waals surface area contributed by atoms with Crippen molar-refractivity contribution in [1.29, 1.82) is 0 Å². The van der Waals surface area contributed by atoms with Crippen molar-refractivity contribution in [2.45, 2.75) is 111 Å². The van der Waals surface area contributed by atoms with E-state index in [4.69, 9.17) is 9.78 Å². The fourth-order valence-corrected chi connectivity index (χ4v) is 7.87. The van der Waals surface area contributed by atoms with Gasteiger partial charge in [0, 0.05) is 17.4 Å². The van der Waals surface area contributed by atoms with E-state index in [-0.39, 0.29) is 29.1 Å². The minimum Gasteiger partial charge on any atom is -0.298 e. The average Bonchev–Trinajstić information content (AvgIpc) is 3.00. The summed E-state index contributed by atoms with van der Waals surface area (Å²) in [5.74, 6) is 2.47. The lowest BCUT2D eigenvalue weighted by molar-refractivity contribution is -0.329. The molecule has 8 atom stereocenters. The van der Waals surface area contributed by atoms with Gasteiger partial charge in [0.05, 0.1) is 11.5 Å². The van der Waals surface area contributed by atoms with Crippen molar-refractivity contribution >= 4 is 11.8 Å². The summed E-state index contributed by atoms with van der Waals surface area (Å²) in [6.45, 7) is 15.8. The average molecular weight is 434 g/mol. The molecule has 4 fully saturated rings. The highest BCUT2D eigenvalue weighted by atomic mass is 17.2. The Labute approximate surface area is 188 Å². The van der Waals surface area contributed by atoms with Crippen LogP contribution in [0.1, 0.15) is 93.4 Å². The zero-order valence-corrected chi connectivity index (χ0v) is 20.7. The fourth-order valence-electron chi connectivity index (χ4n) is 7.87. The van der Waals surface area contributed by atoms with Crippen LogP contribution in [0.15, 0.2) is 0 Å². The molecule has 2 aliphatic carbocycles. The number of hydrogen-bond donors (Lipinski definition) is 0. The third-order valence-electron chi connectivity index (χ3n) is 9.84. The summed E-state index contributed by atoms with van der Waals surface area (Å²) in [7, 11) is 0. The number of nitrogens with zero attached hydrogens (tertiary/aromatic N) is 1. The molecular weight excluding hydrogens is 390 g/mol. The van der Waals surface area contributed by atoms with E-state index in [1.165, 1.54) is 12.8 Å². The number of rotatable bonds is 3. The summed E-state index contributed by atoms with van der Waals surface area (Å²) in [5.41, 5.74) is -0.375. The van der Waals surface area contributed by atoms with Crippen LogP contribution in [0.2, 0.25) is 0 Å². The molecule has 5 nitrogen and oxygen atoms in total. The van der Waals surface area contributed by atoms with Crippen molar-refractivity contribution in [3.8, 4) is 0 Å². The van der Waals surface area contributed by atoms with Crippen LogP contribution in [0.4, 0.5) is 0 Å². The molecule has 0 bridgehead atoms. The van der Waals surface area contributed by atoms with Gasteiger partial charge in [-0.2, -0.15) is 4.89 Å². The first-order valence-corrected chi connectivity index (χ1v) is 12.6. The molecule has 0 aromatic carbocycles. The summed E-state index contributed by atoms with van der Waals surface area (Å²) in [6.07, 6.45) is 7.38. The molecule has 5 heteroatoms. The third kappa shape index (κ3) is 3.58. The van der Waals surface area contributed by atoms with E-state index in [0.717, 1.165) is 38.6 Å². The third-order valence-corrected chi connectivity index (χ3v) is 9.84. The Morgan fingerprint density at radius 3 is 2.52 bits per heavy atom. The SMILES string of the molecule is CCC1C[C@H]2[C@@H]3CCN4C(C)C(=O)CC[C@]4(C)[C@@H]3CC[C@]2(C)C1OOC(=O)C(C)(C)C. The number of hydrogen-bond acceptors (Lipinski definition) is 5. The highest BCUT2D eigenvalue weighted by Crippen LogP contribution is 2.64. The second-order valence-corrected chi connectivity index (χ2v) is 12.4. The van der Waals surface area contributed by atoms with E-state index in [1.54, 1.807) is 0 Å². The maximum absolute atomic E-state index is 12.4. The first-order valence-electron chi connectivity index (χ1n) is 12.6. The summed E-state index contributed by atoms with van der Waals surface area (Å²) >= 11 is 0. The first kappa shape index (κ1) is 23.2. The molecule has 0 amide bonds. The van der Waals surface area contributed by atoms with E-state index >= 15 is 0 Å². The molecule has 0 spiro atoms. The van der Waals surface area contributed by atoms with E-state index in [9.17, 15) is 9.59 Å². The number of carbonyl (C=O) groups is 2. The van der Waals surface area contributed by atoms with Crippen molar-refractivity contribution < 1.29 is 19.4 Å². The predicted octanol–water partition coefficient (Wildman–Crippen LogP) is 5.17. The normalized spacial score (nSPS) is 45.6. The molecule has 0 aromatic heterocycles. The Morgan fingerprint density at radius 2 is 1.87 bits per heavy atom. The van der Waals surface area contributed by atoms with Crippen LogP contribution in [-0.4, -0.2) is 40.9 Å². The lowest BCUT2D eigenvalue weighted by Gasteiger charge is -2.62. The standard InChI is InChI=1S/C26H43NO4/c1-8-17-15-20-18-11-14-27-16(2)21(28)10-13-26(27,7)19(18)9-12-25(20,6)22(17)30-31-23(29)24(3,4)5/h16-20,22H,8-15H2,1-7H3/t16?,17?,18-,19-,20+,22?,25+,26-/m1/s1. The lowest BCUT2D eigenvalue weighted by Crippen LogP contribution is -2.67. The van der Waals surface area contributed by atoms with Crippen molar-refractivity contribution in [2.24, 2.45) is 34.5 Å². The van der Waals surface area contributed by atoms with Gasteiger partial charge >= 0.3 is 5.97 Å². The number of piperidine rings is 2. The summed E-state index contributed by atoms with van der Waals surface area (Å²) in [6, 6.07) is 0.0628. The quantitative estimate of drug-likeness (QED) is 0.454. The van der Waals surface area contributed by atoms with Crippen LogP contribution in [-0.2, 0) is 19.4 Å². The van der Waals surface area contributed by atoms with Crippen LogP contribution >= 0.6 is 0 Å². The zero-order valence-electron chi connectivity index (χ0n) is 20.7. The zero-order chi connectivity index (χ0) is 22.8. The van der Waals surface area contributed by atoms with Crippen molar-refractivity contribution in [3.63, 3.8) is 0 Å². The van der Waals surface area contributed by atoms with Crippen LogP contribution in [0.3, 0.4) is 0 Å². The Bertz CT molecular complexity index is 729. The molecule has 4 aliphatic rings. The van der Waals surface area contributed by atoms with Gasteiger partial charge in [0.1, 0.15) is 11.9 Å². The number of ketones is 1. The van der Waals surface area contributed by atoms with Crippen LogP contribution in [0.5, 0.6) is 0 Å². The lowest BCUT2D eigenvalue weighted by atomic mass is 9.52.